The molecule has 2 heterocycles. The average Bonchev–Trinajstić information content (AvgIpc) is 2.95. The monoisotopic (exact) mass is 316 g/mol. The topological polar surface area (TPSA) is 52.1 Å². The summed E-state index contributed by atoms with van der Waals surface area (Å²) in [5, 5.41) is 0.672. The van der Waals surface area contributed by atoms with Crippen molar-refractivity contribution >= 4 is 40.3 Å². The standard InChI is InChI=1S/C15H9ClN2O2S/c16-9-3-1-8(2-4-9)10-7-13(19)20-12-6-5-11-15(14(10)12)18-21-17-11/h1-6,10H,7H2/t10-/m1/s1. The number of ether oxygens (including phenoxy) is 1. The maximum Gasteiger partial charge on any atom is 0.312 e. The van der Waals surface area contributed by atoms with Gasteiger partial charge < -0.3 is 4.74 Å². The summed E-state index contributed by atoms with van der Waals surface area (Å²) < 4.78 is 14.0. The number of hydrogen-bond acceptors (Lipinski definition) is 5. The fraction of sp³-hybridized carbons (Fsp3) is 0.133. The molecule has 0 spiro atoms. The molecule has 3 aromatic rings. The lowest BCUT2D eigenvalue weighted by Crippen LogP contribution is -2.21. The van der Waals surface area contributed by atoms with Crippen LogP contribution in [0.1, 0.15) is 23.5 Å². The van der Waals surface area contributed by atoms with E-state index in [0.29, 0.717) is 17.2 Å². The van der Waals surface area contributed by atoms with Gasteiger partial charge in [-0.1, -0.05) is 23.7 Å². The summed E-state index contributed by atoms with van der Waals surface area (Å²) in [6, 6.07) is 11.2. The molecule has 0 radical (unpaired) electrons. The SMILES string of the molecule is O=C1C[C@H](c2ccc(Cl)cc2)c2c(ccc3nsnc23)O1. The zero-order valence-electron chi connectivity index (χ0n) is 10.7. The molecule has 0 amide bonds. The Kier molecular flexibility index (Phi) is 2.90. The van der Waals surface area contributed by atoms with Crippen LogP contribution in [0.2, 0.25) is 5.02 Å². The predicted octanol–water partition coefficient (Wildman–Crippen LogP) is 3.79. The summed E-state index contributed by atoms with van der Waals surface area (Å²) in [4.78, 5) is 11.9. The minimum absolute atomic E-state index is 0.0777. The van der Waals surface area contributed by atoms with Crippen molar-refractivity contribution in [3.05, 3.63) is 52.5 Å². The number of hydrogen-bond donors (Lipinski definition) is 0. The highest BCUT2D eigenvalue weighted by Crippen LogP contribution is 2.42. The Balaban J connectivity index is 1.95. The lowest BCUT2D eigenvalue weighted by molar-refractivity contribution is -0.135. The zero-order valence-corrected chi connectivity index (χ0v) is 12.3. The molecule has 2 aromatic carbocycles. The van der Waals surface area contributed by atoms with Crippen molar-refractivity contribution in [3.63, 3.8) is 0 Å². The van der Waals surface area contributed by atoms with Crippen LogP contribution in [0.5, 0.6) is 5.75 Å². The van der Waals surface area contributed by atoms with E-state index in [9.17, 15) is 4.79 Å². The second-order valence-electron chi connectivity index (χ2n) is 4.89. The maximum absolute atomic E-state index is 11.9. The number of esters is 1. The summed E-state index contributed by atoms with van der Waals surface area (Å²) in [5.41, 5.74) is 3.60. The van der Waals surface area contributed by atoms with Gasteiger partial charge in [0.1, 0.15) is 16.8 Å². The van der Waals surface area contributed by atoms with Gasteiger partial charge in [-0.25, -0.2) is 0 Å². The van der Waals surface area contributed by atoms with Crippen molar-refractivity contribution in [1.29, 1.82) is 0 Å². The van der Waals surface area contributed by atoms with E-state index < -0.39 is 0 Å². The normalized spacial score (nSPS) is 17.6. The lowest BCUT2D eigenvalue weighted by Gasteiger charge is -2.24. The maximum atomic E-state index is 11.9. The van der Waals surface area contributed by atoms with E-state index in [1.165, 1.54) is 0 Å². The summed E-state index contributed by atoms with van der Waals surface area (Å²) in [5.74, 6) is 0.266. The van der Waals surface area contributed by atoms with Gasteiger partial charge in [0, 0.05) is 16.5 Å². The molecule has 6 heteroatoms. The van der Waals surface area contributed by atoms with Crippen LogP contribution in [0.15, 0.2) is 36.4 Å². The molecule has 1 aliphatic heterocycles. The lowest BCUT2D eigenvalue weighted by atomic mass is 9.85. The van der Waals surface area contributed by atoms with E-state index in [0.717, 1.165) is 33.9 Å². The Bertz CT molecular complexity index is 845. The summed E-state index contributed by atoms with van der Waals surface area (Å²) in [7, 11) is 0. The molecule has 104 valence electrons. The van der Waals surface area contributed by atoms with Crippen molar-refractivity contribution in [3.8, 4) is 5.75 Å². The first-order valence-electron chi connectivity index (χ1n) is 6.43. The van der Waals surface area contributed by atoms with Crippen LogP contribution < -0.4 is 4.74 Å². The fourth-order valence-electron chi connectivity index (χ4n) is 2.69. The van der Waals surface area contributed by atoms with Gasteiger partial charge in [0.25, 0.3) is 0 Å². The highest BCUT2D eigenvalue weighted by atomic mass is 35.5. The van der Waals surface area contributed by atoms with E-state index in [4.69, 9.17) is 16.3 Å². The van der Waals surface area contributed by atoms with Crippen molar-refractivity contribution in [2.24, 2.45) is 0 Å². The smallest absolute Gasteiger partial charge is 0.312 e. The van der Waals surface area contributed by atoms with Crippen molar-refractivity contribution in [2.45, 2.75) is 12.3 Å². The molecule has 0 saturated heterocycles. The molecule has 0 unspecified atom stereocenters. The van der Waals surface area contributed by atoms with Gasteiger partial charge in [-0.05, 0) is 29.8 Å². The predicted molar refractivity (Wildman–Crippen MR) is 81.0 cm³/mol. The first-order valence-corrected chi connectivity index (χ1v) is 7.54. The first kappa shape index (κ1) is 12.7. The molecule has 0 N–H and O–H groups in total. The highest BCUT2D eigenvalue weighted by Gasteiger charge is 2.31. The van der Waals surface area contributed by atoms with Crippen molar-refractivity contribution < 1.29 is 9.53 Å². The number of carbonyl (C=O) groups is 1. The van der Waals surface area contributed by atoms with Gasteiger partial charge in [-0.2, -0.15) is 8.75 Å². The van der Waals surface area contributed by atoms with Crippen LogP contribution in [-0.2, 0) is 4.79 Å². The molecule has 0 aliphatic carbocycles. The van der Waals surface area contributed by atoms with Crippen LogP contribution in [0.4, 0.5) is 0 Å². The van der Waals surface area contributed by atoms with Gasteiger partial charge in [0.15, 0.2) is 0 Å². The Morgan fingerprint density at radius 3 is 2.76 bits per heavy atom. The molecule has 4 nitrogen and oxygen atoms in total. The van der Waals surface area contributed by atoms with E-state index in [-0.39, 0.29) is 11.9 Å². The minimum atomic E-state index is -0.231. The molecule has 1 aliphatic rings. The van der Waals surface area contributed by atoms with Crippen molar-refractivity contribution in [2.75, 3.05) is 0 Å². The van der Waals surface area contributed by atoms with Gasteiger partial charge in [-0.15, -0.1) is 0 Å². The zero-order chi connectivity index (χ0) is 14.4. The first-order chi connectivity index (χ1) is 10.2. The van der Waals surface area contributed by atoms with Crippen LogP contribution >= 0.6 is 23.3 Å². The van der Waals surface area contributed by atoms with E-state index in [2.05, 4.69) is 8.75 Å². The molecular weight excluding hydrogens is 308 g/mol. The van der Waals surface area contributed by atoms with Gasteiger partial charge in [0.05, 0.1) is 18.1 Å². The molecular formula is C15H9ClN2O2S. The molecule has 21 heavy (non-hydrogen) atoms. The molecule has 4 rings (SSSR count). The van der Waals surface area contributed by atoms with Gasteiger partial charge >= 0.3 is 5.97 Å². The van der Waals surface area contributed by atoms with Crippen LogP contribution in [-0.4, -0.2) is 14.7 Å². The van der Waals surface area contributed by atoms with Crippen LogP contribution in [0.3, 0.4) is 0 Å². The molecule has 0 bridgehead atoms. The third-order valence-electron chi connectivity index (χ3n) is 3.64. The second kappa shape index (κ2) is 4.79. The number of carbonyl (C=O) groups excluding carboxylic acids is 1. The number of nitrogens with zero attached hydrogens (tertiary/aromatic N) is 2. The number of aromatic nitrogens is 2. The van der Waals surface area contributed by atoms with Crippen LogP contribution in [0, 0.1) is 0 Å². The van der Waals surface area contributed by atoms with Crippen LogP contribution in [0.25, 0.3) is 11.0 Å². The largest absolute Gasteiger partial charge is 0.426 e. The van der Waals surface area contributed by atoms with E-state index in [1.54, 1.807) is 6.07 Å². The summed E-state index contributed by atoms with van der Waals surface area (Å²) in [6.45, 7) is 0. The second-order valence-corrected chi connectivity index (χ2v) is 5.86. The third kappa shape index (κ3) is 2.09. The third-order valence-corrected chi connectivity index (χ3v) is 4.44. The number of benzene rings is 2. The Hall–Kier alpha value is -1.98. The summed E-state index contributed by atoms with van der Waals surface area (Å²) >= 11 is 7.11. The number of halogens is 1. The van der Waals surface area contributed by atoms with Gasteiger partial charge in [-0.3, -0.25) is 4.79 Å². The minimum Gasteiger partial charge on any atom is -0.426 e. The highest BCUT2D eigenvalue weighted by molar-refractivity contribution is 7.00. The molecule has 0 fully saturated rings. The van der Waals surface area contributed by atoms with Gasteiger partial charge in [0.2, 0.25) is 0 Å². The Labute approximate surface area is 129 Å². The van der Waals surface area contributed by atoms with E-state index >= 15 is 0 Å². The van der Waals surface area contributed by atoms with Crippen molar-refractivity contribution in [1.82, 2.24) is 8.75 Å². The molecule has 0 saturated carbocycles. The van der Waals surface area contributed by atoms with E-state index in [1.807, 2.05) is 30.3 Å². The fourth-order valence-corrected chi connectivity index (χ4v) is 3.37. The summed E-state index contributed by atoms with van der Waals surface area (Å²) in [6.07, 6.45) is 0.297. The Morgan fingerprint density at radius 2 is 1.95 bits per heavy atom. The molecule has 1 atom stereocenters. The number of rotatable bonds is 1. The molecule has 1 aromatic heterocycles. The number of fused-ring (bicyclic) bond motifs is 3. The quantitative estimate of drug-likeness (QED) is 0.506. The Morgan fingerprint density at radius 1 is 1.14 bits per heavy atom. The average molecular weight is 317 g/mol.